The lowest BCUT2D eigenvalue weighted by Gasteiger charge is -2.23. The van der Waals surface area contributed by atoms with Crippen molar-refractivity contribution in [3.05, 3.63) is 4.91 Å². The molecule has 0 aromatic heterocycles. The normalized spacial score (nSPS) is 18.7. The molecular weight excluding hydrogens is 214 g/mol. The lowest BCUT2D eigenvalue weighted by molar-refractivity contribution is -0.172. The van der Waals surface area contributed by atoms with Crippen LogP contribution in [0, 0.1) is 4.91 Å². The van der Waals surface area contributed by atoms with Crippen molar-refractivity contribution in [2.24, 2.45) is 5.34 Å². The second-order valence-electron chi connectivity index (χ2n) is 2.67. The number of nitrogens with zero attached hydrogens (tertiary/aromatic N) is 1. The van der Waals surface area contributed by atoms with Crippen molar-refractivity contribution in [3.8, 4) is 0 Å². The molecule has 9 nitrogen and oxygen atoms in total. The topological polar surface area (TPSA) is 157 Å². The Balaban J connectivity index is 4.54. The molecule has 0 unspecified atom stereocenters. The zero-order chi connectivity index (χ0) is 12.0. The molecule has 0 heterocycles. The Morgan fingerprint density at radius 2 is 1.80 bits per heavy atom. The van der Waals surface area contributed by atoms with Crippen LogP contribution in [0.1, 0.15) is 0 Å². The van der Waals surface area contributed by atoms with Crippen molar-refractivity contribution in [1.82, 2.24) is 0 Å². The zero-order valence-electron chi connectivity index (χ0n) is 7.42. The molecule has 0 bridgehead atoms. The Bertz CT molecular complexity index is 221. The van der Waals surface area contributed by atoms with Crippen LogP contribution in [-0.4, -0.2) is 62.5 Å². The maximum atomic E-state index is 10.4. The molecule has 0 spiro atoms. The third-order valence-electron chi connectivity index (χ3n) is 1.64. The van der Waals surface area contributed by atoms with Gasteiger partial charge in [0.25, 0.3) is 6.10 Å². The summed E-state index contributed by atoms with van der Waals surface area (Å²) in [5.74, 6) is -1.74. The van der Waals surface area contributed by atoms with Crippen LogP contribution in [-0.2, 0) is 9.63 Å². The van der Waals surface area contributed by atoms with Crippen LogP contribution in [0.3, 0.4) is 0 Å². The number of rotatable bonds is 7. The highest BCUT2D eigenvalue weighted by molar-refractivity contribution is 5.73. The monoisotopic (exact) mass is 225 g/mol. The molecule has 0 aliphatic rings. The summed E-state index contributed by atoms with van der Waals surface area (Å²) in [6.45, 7) is -0.890. The minimum atomic E-state index is -2.11. The largest absolute Gasteiger partial charge is 0.478 e. The quantitative estimate of drug-likeness (QED) is 0.230. The number of hydrogen-bond donors (Lipinski definition) is 5. The van der Waals surface area contributed by atoms with E-state index < -0.39 is 37.0 Å². The Morgan fingerprint density at radius 1 is 1.27 bits per heavy atom. The van der Waals surface area contributed by atoms with Gasteiger partial charge in [0.05, 0.1) is 6.61 Å². The second kappa shape index (κ2) is 6.24. The predicted molar refractivity (Wildman–Crippen MR) is 43.4 cm³/mol. The van der Waals surface area contributed by atoms with Gasteiger partial charge in [-0.15, -0.1) is 4.91 Å². The summed E-state index contributed by atoms with van der Waals surface area (Å²) in [6.07, 6.45) is -7.93. The number of aliphatic hydroxyl groups is 4. The van der Waals surface area contributed by atoms with Crippen LogP contribution in [0.5, 0.6) is 0 Å². The fourth-order valence-electron chi connectivity index (χ4n) is 0.815. The summed E-state index contributed by atoms with van der Waals surface area (Å²) in [6, 6.07) is 0. The molecule has 0 amide bonds. The molecule has 0 aromatic carbocycles. The second-order valence-corrected chi connectivity index (χ2v) is 2.67. The minimum Gasteiger partial charge on any atom is -0.478 e. The molecule has 15 heavy (non-hydrogen) atoms. The molecule has 0 aromatic rings. The van der Waals surface area contributed by atoms with Gasteiger partial charge in [0.15, 0.2) is 5.34 Å². The summed E-state index contributed by atoms with van der Waals surface area (Å²) in [7, 11) is 0. The van der Waals surface area contributed by atoms with Crippen molar-refractivity contribution >= 4 is 5.97 Å². The first-order valence-corrected chi connectivity index (χ1v) is 3.82. The van der Waals surface area contributed by atoms with Crippen LogP contribution in [0.25, 0.3) is 0 Å². The maximum absolute atomic E-state index is 10.4. The highest BCUT2D eigenvalue weighted by Crippen LogP contribution is 2.09. The van der Waals surface area contributed by atoms with Crippen LogP contribution >= 0.6 is 0 Å². The van der Waals surface area contributed by atoms with Crippen molar-refractivity contribution < 1.29 is 35.2 Å². The van der Waals surface area contributed by atoms with E-state index in [2.05, 4.69) is 4.84 Å². The molecule has 0 saturated heterocycles. The number of carboxylic acid groups (broad SMARTS) is 1. The van der Waals surface area contributed by atoms with Gasteiger partial charge in [-0.3, -0.25) is 0 Å². The molecule has 0 aliphatic heterocycles. The maximum Gasteiger partial charge on any atom is 0.350 e. The highest BCUT2D eigenvalue weighted by atomic mass is 16.7. The first kappa shape index (κ1) is 13.7. The Hall–Kier alpha value is -1.29. The summed E-state index contributed by atoms with van der Waals surface area (Å²) in [5, 5.41) is 45.8. The third-order valence-corrected chi connectivity index (χ3v) is 1.64. The van der Waals surface area contributed by atoms with E-state index in [-0.39, 0.29) is 0 Å². The summed E-state index contributed by atoms with van der Waals surface area (Å²) in [5.41, 5.74) is 0. The van der Waals surface area contributed by atoms with Gasteiger partial charge in [0.2, 0.25) is 0 Å². The van der Waals surface area contributed by atoms with E-state index in [0.717, 1.165) is 0 Å². The summed E-state index contributed by atoms with van der Waals surface area (Å²) < 4.78 is 0. The number of aliphatic hydroxyl groups excluding tert-OH is 4. The van der Waals surface area contributed by atoms with Crippen molar-refractivity contribution in [1.29, 1.82) is 0 Å². The van der Waals surface area contributed by atoms with Gasteiger partial charge >= 0.3 is 5.97 Å². The molecule has 4 atom stereocenters. The Labute approximate surface area is 83.5 Å². The first-order chi connectivity index (χ1) is 6.95. The van der Waals surface area contributed by atoms with Gasteiger partial charge in [0.1, 0.15) is 18.3 Å². The molecule has 0 aliphatic carbocycles. The summed E-state index contributed by atoms with van der Waals surface area (Å²) in [4.78, 5) is 23.8. The minimum absolute atomic E-state index is 0.890. The molecule has 0 saturated carbocycles. The smallest absolute Gasteiger partial charge is 0.350 e. The van der Waals surface area contributed by atoms with E-state index in [1.807, 2.05) is 0 Å². The van der Waals surface area contributed by atoms with Crippen molar-refractivity contribution in [2.75, 3.05) is 6.61 Å². The first-order valence-electron chi connectivity index (χ1n) is 3.82. The van der Waals surface area contributed by atoms with Gasteiger partial charge < -0.3 is 30.4 Å². The number of hydrogen-bond acceptors (Lipinski definition) is 8. The fraction of sp³-hybridized carbons (Fsp3) is 0.833. The Kier molecular flexibility index (Phi) is 5.70. The van der Waals surface area contributed by atoms with Gasteiger partial charge in [0, 0.05) is 0 Å². The van der Waals surface area contributed by atoms with Gasteiger partial charge in [-0.1, -0.05) is 0 Å². The van der Waals surface area contributed by atoms with E-state index >= 15 is 0 Å². The SMILES string of the molecule is O=NO[C@@H](C(=O)O)[C@@H](O)[C@@H](O)[C@H](O)CO. The van der Waals surface area contributed by atoms with Crippen LogP contribution in [0.2, 0.25) is 0 Å². The third kappa shape index (κ3) is 3.75. The molecule has 5 N–H and O–H groups in total. The fourth-order valence-corrected chi connectivity index (χ4v) is 0.815. The summed E-state index contributed by atoms with van der Waals surface area (Å²) >= 11 is 0. The average molecular weight is 225 g/mol. The van der Waals surface area contributed by atoms with E-state index in [1.165, 1.54) is 0 Å². The standard InChI is InChI=1S/C6H11NO8/c8-1-2(9)3(10)4(11)5(6(12)13)15-7-14/h2-5,8-11H,1H2,(H,12,13)/t2-,3+,4+,5-/m1/s1. The van der Waals surface area contributed by atoms with E-state index in [1.54, 1.807) is 5.34 Å². The molecule has 0 rings (SSSR count). The van der Waals surface area contributed by atoms with Crippen LogP contribution < -0.4 is 0 Å². The molecule has 88 valence electrons. The lowest BCUT2D eigenvalue weighted by atomic mass is 10.0. The van der Waals surface area contributed by atoms with E-state index in [9.17, 15) is 9.70 Å². The average Bonchev–Trinajstić information content (AvgIpc) is 2.22. The van der Waals surface area contributed by atoms with E-state index in [4.69, 9.17) is 25.5 Å². The molecule has 0 fully saturated rings. The predicted octanol–water partition coefficient (Wildman–Crippen LogP) is -2.79. The van der Waals surface area contributed by atoms with Gasteiger partial charge in [-0.05, 0) is 0 Å². The number of aliphatic carboxylic acids is 1. The van der Waals surface area contributed by atoms with Crippen molar-refractivity contribution in [2.45, 2.75) is 24.4 Å². The zero-order valence-corrected chi connectivity index (χ0v) is 7.42. The number of carbonyl (C=O) groups is 1. The van der Waals surface area contributed by atoms with Gasteiger partial charge in [-0.2, -0.15) is 0 Å². The highest BCUT2D eigenvalue weighted by Gasteiger charge is 2.37. The van der Waals surface area contributed by atoms with E-state index in [0.29, 0.717) is 0 Å². The molecule has 0 radical (unpaired) electrons. The molecule has 9 heteroatoms. The van der Waals surface area contributed by atoms with Crippen LogP contribution in [0.15, 0.2) is 5.34 Å². The van der Waals surface area contributed by atoms with Gasteiger partial charge in [-0.25, -0.2) is 4.79 Å². The lowest BCUT2D eigenvalue weighted by Crippen LogP contribution is -2.49. The van der Waals surface area contributed by atoms with Crippen molar-refractivity contribution in [3.63, 3.8) is 0 Å². The Morgan fingerprint density at radius 3 is 2.13 bits per heavy atom. The number of carboxylic acids is 1. The molecular formula is C6H11NO8. The van der Waals surface area contributed by atoms with Crippen LogP contribution in [0.4, 0.5) is 0 Å².